The number of nitro benzene ring substituents is 1. The van der Waals surface area contributed by atoms with Crippen molar-refractivity contribution in [2.75, 3.05) is 5.32 Å². The normalized spacial score (nSPS) is 10.6. The SMILES string of the molecule is Cc1nn(C)c(C)c1NC(=O)c1ccc(COc2ccc([N+](=O)[O-])cc2Cl)cc1. The summed E-state index contributed by atoms with van der Waals surface area (Å²) in [6, 6.07) is 11.0. The summed E-state index contributed by atoms with van der Waals surface area (Å²) in [5, 5.41) is 18.1. The molecule has 0 unspecified atom stereocenters. The van der Waals surface area contributed by atoms with Crippen molar-refractivity contribution in [3.8, 4) is 5.75 Å². The molecule has 0 aliphatic carbocycles. The lowest BCUT2D eigenvalue weighted by atomic mass is 10.1. The molecule has 0 bridgehead atoms. The lowest BCUT2D eigenvalue weighted by Gasteiger charge is -2.09. The number of hydrogen-bond donors (Lipinski definition) is 1. The third-order valence-electron chi connectivity index (χ3n) is 4.48. The fourth-order valence-corrected chi connectivity index (χ4v) is 3.00. The second-order valence-electron chi connectivity index (χ2n) is 6.48. The van der Waals surface area contributed by atoms with Gasteiger partial charge < -0.3 is 10.1 Å². The first-order valence-electron chi connectivity index (χ1n) is 8.73. The average molecular weight is 415 g/mol. The van der Waals surface area contributed by atoms with Crippen LogP contribution in [0.1, 0.15) is 27.3 Å². The summed E-state index contributed by atoms with van der Waals surface area (Å²) in [6.07, 6.45) is 0. The molecule has 0 radical (unpaired) electrons. The summed E-state index contributed by atoms with van der Waals surface area (Å²) in [5.74, 6) is 0.122. The van der Waals surface area contributed by atoms with Crippen molar-refractivity contribution >= 4 is 28.9 Å². The zero-order valence-corrected chi connectivity index (χ0v) is 16.9. The van der Waals surface area contributed by atoms with Crippen molar-refractivity contribution in [3.05, 3.63) is 80.1 Å². The predicted octanol–water partition coefficient (Wildman–Crippen LogP) is 4.43. The number of amides is 1. The molecule has 0 fully saturated rings. The van der Waals surface area contributed by atoms with Crippen LogP contribution in [0.2, 0.25) is 5.02 Å². The Balaban J connectivity index is 1.64. The molecule has 150 valence electrons. The van der Waals surface area contributed by atoms with Crippen LogP contribution in [0.25, 0.3) is 0 Å². The molecule has 1 amide bonds. The molecule has 0 spiro atoms. The Bertz CT molecular complexity index is 1080. The molecule has 1 aromatic heterocycles. The van der Waals surface area contributed by atoms with Gasteiger partial charge in [-0.05, 0) is 37.6 Å². The molecular formula is C20H19ClN4O4. The van der Waals surface area contributed by atoms with Crippen molar-refractivity contribution in [2.24, 2.45) is 7.05 Å². The number of nitrogens with zero attached hydrogens (tertiary/aromatic N) is 3. The van der Waals surface area contributed by atoms with Crippen LogP contribution in [-0.4, -0.2) is 20.6 Å². The van der Waals surface area contributed by atoms with E-state index in [1.807, 2.05) is 20.9 Å². The molecule has 8 nitrogen and oxygen atoms in total. The molecule has 0 atom stereocenters. The van der Waals surface area contributed by atoms with Crippen molar-refractivity contribution in [1.82, 2.24) is 9.78 Å². The number of anilines is 1. The number of non-ortho nitro benzene ring substituents is 1. The maximum atomic E-state index is 12.5. The van der Waals surface area contributed by atoms with E-state index in [0.717, 1.165) is 17.0 Å². The van der Waals surface area contributed by atoms with Gasteiger partial charge in [-0.15, -0.1) is 0 Å². The number of halogens is 1. The van der Waals surface area contributed by atoms with E-state index >= 15 is 0 Å². The third-order valence-corrected chi connectivity index (χ3v) is 4.78. The van der Waals surface area contributed by atoms with Gasteiger partial charge in [-0.3, -0.25) is 19.6 Å². The average Bonchev–Trinajstić information content (AvgIpc) is 2.93. The van der Waals surface area contributed by atoms with Crippen LogP contribution in [0.3, 0.4) is 0 Å². The van der Waals surface area contributed by atoms with E-state index in [1.54, 1.807) is 28.9 Å². The Hall–Kier alpha value is -3.39. The van der Waals surface area contributed by atoms with E-state index in [2.05, 4.69) is 10.4 Å². The number of nitrogens with one attached hydrogen (secondary N) is 1. The highest BCUT2D eigenvalue weighted by molar-refractivity contribution is 6.32. The highest BCUT2D eigenvalue weighted by Crippen LogP contribution is 2.29. The summed E-state index contributed by atoms with van der Waals surface area (Å²) < 4.78 is 7.34. The van der Waals surface area contributed by atoms with Crippen LogP contribution >= 0.6 is 11.6 Å². The topological polar surface area (TPSA) is 99.3 Å². The Morgan fingerprint density at radius 1 is 1.24 bits per heavy atom. The Morgan fingerprint density at radius 3 is 2.48 bits per heavy atom. The fourth-order valence-electron chi connectivity index (χ4n) is 2.77. The maximum absolute atomic E-state index is 12.5. The molecule has 29 heavy (non-hydrogen) atoms. The summed E-state index contributed by atoms with van der Waals surface area (Å²) in [7, 11) is 1.82. The Kier molecular flexibility index (Phi) is 5.84. The van der Waals surface area contributed by atoms with Crippen molar-refractivity contribution in [3.63, 3.8) is 0 Å². The zero-order valence-electron chi connectivity index (χ0n) is 16.1. The van der Waals surface area contributed by atoms with Gasteiger partial charge in [-0.25, -0.2) is 0 Å². The number of rotatable bonds is 6. The minimum absolute atomic E-state index is 0.100. The van der Waals surface area contributed by atoms with Crippen LogP contribution in [0.15, 0.2) is 42.5 Å². The monoisotopic (exact) mass is 414 g/mol. The second kappa shape index (κ2) is 8.32. The van der Waals surface area contributed by atoms with Gasteiger partial charge in [-0.1, -0.05) is 23.7 Å². The maximum Gasteiger partial charge on any atom is 0.271 e. The highest BCUT2D eigenvalue weighted by Gasteiger charge is 2.14. The molecule has 1 heterocycles. The number of aromatic nitrogens is 2. The summed E-state index contributed by atoms with van der Waals surface area (Å²) in [5.41, 5.74) is 3.56. The number of aryl methyl sites for hydroxylation is 2. The van der Waals surface area contributed by atoms with E-state index in [9.17, 15) is 14.9 Å². The first kappa shape index (κ1) is 20.3. The van der Waals surface area contributed by atoms with E-state index in [4.69, 9.17) is 16.3 Å². The fraction of sp³-hybridized carbons (Fsp3) is 0.200. The van der Waals surface area contributed by atoms with Crippen molar-refractivity contribution in [1.29, 1.82) is 0 Å². The number of ether oxygens (including phenoxy) is 1. The molecule has 3 rings (SSSR count). The number of carbonyl (C=O) groups is 1. The van der Waals surface area contributed by atoms with Crippen LogP contribution < -0.4 is 10.1 Å². The van der Waals surface area contributed by atoms with E-state index in [-0.39, 0.29) is 23.2 Å². The van der Waals surface area contributed by atoms with Gasteiger partial charge in [-0.2, -0.15) is 5.10 Å². The van der Waals surface area contributed by atoms with E-state index in [1.165, 1.54) is 18.2 Å². The molecule has 0 saturated heterocycles. The van der Waals surface area contributed by atoms with Crippen LogP contribution in [0.5, 0.6) is 5.75 Å². The van der Waals surface area contributed by atoms with Crippen molar-refractivity contribution in [2.45, 2.75) is 20.5 Å². The minimum atomic E-state index is -0.520. The third kappa shape index (κ3) is 4.55. The predicted molar refractivity (Wildman–Crippen MR) is 110 cm³/mol. The van der Waals surface area contributed by atoms with Gasteiger partial charge in [0.25, 0.3) is 11.6 Å². The molecule has 0 saturated carbocycles. The van der Waals surface area contributed by atoms with Gasteiger partial charge in [0, 0.05) is 24.7 Å². The number of carbonyl (C=O) groups excluding carboxylic acids is 1. The number of hydrogen-bond acceptors (Lipinski definition) is 5. The van der Waals surface area contributed by atoms with Gasteiger partial charge in [0.2, 0.25) is 0 Å². The summed E-state index contributed by atoms with van der Waals surface area (Å²) in [6.45, 7) is 3.94. The number of benzene rings is 2. The highest BCUT2D eigenvalue weighted by atomic mass is 35.5. The second-order valence-corrected chi connectivity index (χ2v) is 6.89. The van der Waals surface area contributed by atoms with Gasteiger partial charge in [0.15, 0.2) is 0 Å². The van der Waals surface area contributed by atoms with Crippen molar-refractivity contribution < 1.29 is 14.5 Å². The van der Waals surface area contributed by atoms with Crippen LogP contribution in [-0.2, 0) is 13.7 Å². The molecule has 3 aromatic rings. The first-order valence-corrected chi connectivity index (χ1v) is 9.11. The van der Waals surface area contributed by atoms with Gasteiger partial charge >= 0.3 is 0 Å². The van der Waals surface area contributed by atoms with Crippen LogP contribution in [0, 0.1) is 24.0 Å². The molecule has 0 aliphatic heterocycles. The zero-order chi connectivity index (χ0) is 21.1. The molecule has 2 aromatic carbocycles. The first-order chi connectivity index (χ1) is 13.8. The smallest absolute Gasteiger partial charge is 0.271 e. The Morgan fingerprint density at radius 2 is 1.93 bits per heavy atom. The lowest BCUT2D eigenvalue weighted by Crippen LogP contribution is -2.13. The Labute approximate surface area is 172 Å². The molecular weight excluding hydrogens is 396 g/mol. The van der Waals surface area contributed by atoms with Gasteiger partial charge in [0.1, 0.15) is 12.4 Å². The minimum Gasteiger partial charge on any atom is -0.487 e. The quantitative estimate of drug-likeness (QED) is 0.475. The largest absolute Gasteiger partial charge is 0.487 e. The van der Waals surface area contributed by atoms with E-state index < -0.39 is 4.92 Å². The van der Waals surface area contributed by atoms with E-state index in [0.29, 0.717) is 17.0 Å². The standard InChI is InChI=1S/C20H19ClN4O4/c1-12-19(13(2)24(3)23-12)22-20(26)15-6-4-14(5-7-15)11-29-18-9-8-16(25(27)28)10-17(18)21/h4-10H,11H2,1-3H3,(H,22,26). The molecule has 0 aliphatic rings. The van der Waals surface area contributed by atoms with Crippen LogP contribution in [0.4, 0.5) is 11.4 Å². The summed E-state index contributed by atoms with van der Waals surface area (Å²) >= 11 is 6.02. The number of nitro groups is 1. The van der Waals surface area contributed by atoms with Gasteiger partial charge in [0.05, 0.1) is 27.0 Å². The summed E-state index contributed by atoms with van der Waals surface area (Å²) in [4.78, 5) is 22.7. The molecule has 9 heteroatoms. The molecule has 1 N–H and O–H groups in total. The lowest BCUT2D eigenvalue weighted by molar-refractivity contribution is -0.384.